The highest BCUT2D eigenvalue weighted by atomic mass is 35.5. The van der Waals surface area contributed by atoms with E-state index in [1.807, 2.05) is 4.90 Å². The third-order valence-electron chi connectivity index (χ3n) is 6.01. The van der Waals surface area contributed by atoms with Crippen LogP contribution in [-0.4, -0.2) is 65.4 Å². The SMILES string of the molecule is COc1ccc(N(CC(=O)N/N=C\c2cc([N+](=O)[O-])ccc2N2CCOCC2)S(=O)(=O)c2ccccc2)cc1Cl. The molecule has 1 fully saturated rings. The van der Waals surface area contributed by atoms with Gasteiger partial charge in [-0.25, -0.2) is 13.8 Å². The van der Waals surface area contributed by atoms with E-state index in [9.17, 15) is 23.3 Å². The summed E-state index contributed by atoms with van der Waals surface area (Å²) in [5.41, 5.74) is 3.43. The van der Waals surface area contributed by atoms with Gasteiger partial charge < -0.3 is 14.4 Å². The summed E-state index contributed by atoms with van der Waals surface area (Å²) in [6.45, 7) is 1.56. The van der Waals surface area contributed by atoms with E-state index in [4.69, 9.17) is 21.1 Å². The van der Waals surface area contributed by atoms with Crippen molar-refractivity contribution in [1.29, 1.82) is 0 Å². The van der Waals surface area contributed by atoms with Gasteiger partial charge in [0.15, 0.2) is 0 Å². The summed E-state index contributed by atoms with van der Waals surface area (Å²) >= 11 is 6.24. The molecule has 0 unspecified atom stereocenters. The van der Waals surface area contributed by atoms with Crippen molar-refractivity contribution in [2.75, 3.05) is 49.2 Å². The number of halogens is 1. The second-order valence-electron chi connectivity index (χ2n) is 8.54. The van der Waals surface area contributed by atoms with Crippen LogP contribution in [0.15, 0.2) is 76.7 Å². The van der Waals surface area contributed by atoms with Crippen LogP contribution in [0.4, 0.5) is 17.1 Å². The molecule has 1 saturated heterocycles. The molecule has 1 aliphatic heterocycles. The number of sulfonamides is 1. The fourth-order valence-electron chi connectivity index (χ4n) is 4.04. The topological polar surface area (TPSA) is 144 Å². The van der Waals surface area contributed by atoms with Crippen molar-refractivity contribution in [1.82, 2.24) is 5.43 Å². The van der Waals surface area contributed by atoms with Crippen LogP contribution in [-0.2, 0) is 19.6 Å². The van der Waals surface area contributed by atoms with E-state index < -0.39 is 27.4 Å². The van der Waals surface area contributed by atoms with Crippen LogP contribution in [0.25, 0.3) is 0 Å². The number of ether oxygens (including phenoxy) is 2. The molecule has 40 heavy (non-hydrogen) atoms. The number of hydrazone groups is 1. The molecule has 3 aromatic carbocycles. The Balaban J connectivity index is 1.59. The number of nitro groups is 1. The van der Waals surface area contributed by atoms with Gasteiger partial charge in [-0.15, -0.1) is 0 Å². The van der Waals surface area contributed by atoms with Crippen molar-refractivity contribution >= 4 is 50.8 Å². The van der Waals surface area contributed by atoms with Crippen LogP contribution < -0.4 is 19.4 Å². The first-order valence-corrected chi connectivity index (χ1v) is 13.9. The Kier molecular flexibility index (Phi) is 9.19. The second-order valence-corrected chi connectivity index (χ2v) is 10.8. The minimum Gasteiger partial charge on any atom is -0.495 e. The van der Waals surface area contributed by atoms with Gasteiger partial charge in [-0.05, 0) is 36.4 Å². The van der Waals surface area contributed by atoms with E-state index in [1.165, 1.54) is 55.8 Å². The van der Waals surface area contributed by atoms with Crippen molar-refractivity contribution < 1.29 is 27.6 Å². The van der Waals surface area contributed by atoms with Crippen molar-refractivity contribution in [2.24, 2.45) is 5.10 Å². The molecule has 1 amide bonds. The number of hydrogen-bond donors (Lipinski definition) is 1. The Morgan fingerprint density at radius 3 is 2.55 bits per heavy atom. The Morgan fingerprint density at radius 2 is 1.90 bits per heavy atom. The molecule has 0 saturated carbocycles. The number of benzene rings is 3. The van der Waals surface area contributed by atoms with Crippen LogP contribution in [0.1, 0.15) is 5.56 Å². The van der Waals surface area contributed by atoms with Gasteiger partial charge in [0.2, 0.25) is 0 Å². The third-order valence-corrected chi connectivity index (χ3v) is 8.09. The minimum atomic E-state index is -4.17. The van der Waals surface area contributed by atoms with Gasteiger partial charge in [-0.3, -0.25) is 19.2 Å². The summed E-state index contributed by atoms with van der Waals surface area (Å²) in [6, 6.07) is 16.4. The molecule has 4 rings (SSSR count). The number of carbonyl (C=O) groups is 1. The predicted molar refractivity (Wildman–Crippen MR) is 151 cm³/mol. The monoisotopic (exact) mass is 587 g/mol. The van der Waals surface area contributed by atoms with E-state index in [0.717, 1.165) is 4.31 Å². The van der Waals surface area contributed by atoms with Gasteiger partial charge in [-0.1, -0.05) is 29.8 Å². The lowest BCUT2D eigenvalue weighted by molar-refractivity contribution is -0.384. The van der Waals surface area contributed by atoms with Gasteiger partial charge in [-0.2, -0.15) is 5.10 Å². The number of nitrogens with zero attached hydrogens (tertiary/aromatic N) is 4. The molecule has 1 aliphatic rings. The number of non-ortho nitro benzene ring substituents is 1. The van der Waals surface area contributed by atoms with Crippen LogP contribution in [0.2, 0.25) is 5.02 Å². The lowest BCUT2D eigenvalue weighted by atomic mass is 10.1. The zero-order valence-corrected chi connectivity index (χ0v) is 23.0. The standard InChI is InChI=1S/C26H26ClN5O7S/c1-38-25-10-8-20(16-23(25)27)31(40(36,37)22-5-3-2-4-6-22)18-26(33)29-28-17-19-15-21(32(34)35)7-9-24(19)30-11-13-39-14-12-30/h2-10,15-17H,11-14,18H2,1H3,(H,29,33)/b28-17-. The van der Waals surface area contributed by atoms with Gasteiger partial charge >= 0.3 is 0 Å². The average Bonchev–Trinajstić information content (AvgIpc) is 2.96. The molecular formula is C26H26ClN5O7S. The number of carbonyl (C=O) groups excluding carboxylic acids is 1. The summed E-state index contributed by atoms with van der Waals surface area (Å²) in [5, 5.41) is 15.5. The summed E-state index contributed by atoms with van der Waals surface area (Å²) in [5.74, 6) is -0.411. The molecule has 0 bridgehead atoms. The maximum atomic E-state index is 13.5. The first kappa shape index (κ1) is 28.8. The van der Waals surface area contributed by atoms with Crippen molar-refractivity contribution in [3.8, 4) is 5.75 Å². The number of morpholine rings is 1. The molecule has 1 heterocycles. The number of methoxy groups -OCH3 is 1. The molecule has 3 aromatic rings. The van der Waals surface area contributed by atoms with E-state index in [2.05, 4.69) is 10.5 Å². The number of anilines is 2. The highest BCUT2D eigenvalue weighted by molar-refractivity contribution is 7.92. The lowest BCUT2D eigenvalue weighted by Gasteiger charge is -2.29. The van der Waals surface area contributed by atoms with E-state index in [0.29, 0.717) is 43.3 Å². The highest BCUT2D eigenvalue weighted by Gasteiger charge is 2.28. The Bertz CT molecular complexity index is 1510. The van der Waals surface area contributed by atoms with Gasteiger partial charge in [0.05, 0.1) is 47.1 Å². The Morgan fingerprint density at radius 1 is 1.18 bits per heavy atom. The molecule has 0 spiro atoms. The van der Waals surface area contributed by atoms with E-state index in [1.54, 1.807) is 24.3 Å². The summed E-state index contributed by atoms with van der Waals surface area (Å²) in [4.78, 5) is 25.7. The van der Waals surface area contributed by atoms with Crippen LogP contribution in [0.3, 0.4) is 0 Å². The molecule has 0 aliphatic carbocycles. The Labute approximate surface area is 235 Å². The molecule has 0 atom stereocenters. The molecule has 12 nitrogen and oxygen atoms in total. The zero-order valence-electron chi connectivity index (χ0n) is 21.4. The lowest BCUT2D eigenvalue weighted by Crippen LogP contribution is -2.39. The van der Waals surface area contributed by atoms with Crippen molar-refractivity contribution in [3.63, 3.8) is 0 Å². The Hall–Kier alpha value is -4.20. The number of rotatable bonds is 10. The molecule has 14 heteroatoms. The van der Waals surface area contributed by atoms with Crippen LogP contribution >= 0.6 is 11.6 Å². The number of nitro benzene ring substituents is 1. The zero-order chi connectivity index (χ0) is 28.7. The van der Waals surface area contributed by atoms with E-state index in [-0.39, 0.29) is 21.3 Å². The van der Waals surface area contributed by atoms with Gasteiger partial charge in [0.25, 0.3) is 21.6 Å². The number of amides is 1. The van der Waals surface area contributed by atoms with Crippen LogP contribution in [0.5, 0.6) is 5.75 Å². The normalized spacial score (nSPS) is 13.7. The number of hydrogen-bond acceptors (Lipinski definition) is 9. The first-order valence-electron chi connectivity index (χ1n) is 12.0. The predicted octanol–water partition coefficient (Wildman–Crippen LogP) is 3.44. The minimum absolute atomic E-state index is 0.0232. The summed E-state index contributed by atoms with van der Waals surface area (Å²) in [6.07, 6.45) is 1.29. The molecule has 0 aromatic heterocycles. The highest BCUT2D eigenvalue weighted by Crippen LogP contribution is 2.32. The average molecular weight is 588 g/mol. The molecular weight excluding hydrogens is 562 g/mol. The van der Waals surface area contributed by atoms with Gasteiger partial charge in [0, 0.05) is 36.5 Å². The van der Waals surface area contributed by atoms with E-state index >= 15 is 0 Å². The van der Waals surface area contributed by atoms with Crippen molar-refractivity contribution in [2.45, 2.75) is 4.90 Å². The van der Waals surface area contributed by atoms with Crippen LogP contribution in [0, 0.1) is 10.1 Å². The first-order chi connectivity index (χ1) is 19.2. The number of nitrogens with one attached hydrogen (secondary N) is 1. The molecule has 1 N–H and O–H groups in total. The fraction of sp³-hybridized carbons (Fsp3) is 0.231. The second kappa shape index (κ2) is 12.8. The van der Waals surface area contributed by atoms with Crippen molar-refractivity contribution in [3.05, 3.63) is 87.4 Å². The largest absolute Gasteiger partial charge is 0.495 e. The maximum absolute atomic E-state index is 13.5. The summed E-state index contributed by atoms with van der Waals surface area (Å²) < 4.78 is 38.4. The third kappa shape index (κ3) is 6.68. The fourth-order valence-corrected chi connectivity index (χ4v) is 5.72. The summed E-state index contributed by atoms with van der Waals surface area (Å²) in [7, 11) is -2.74. The molecule has 0 radical (unpaired) electrons. The maximum Gasteiger partial charge on any atom is 0.270 e. The molecule has 210 valence electrons. The quantitative estimate of drug-likeness (QED) is 0.216. The van der Waals surface area contributed by atoms with Gasteiger partial charge in [0.1, 0.15) is 12.3 Å². The smallest absolute Gasteiger partial charge is 0.270 e.